The lowest BCUT2D eigenvalue weighted by Gasteiger charge is -2.39. The fraction of sp³-hybridized carbons (Fsp3) is 0.633. The van der Waals surface area contributed by atoms with E-state index in [0.29, 0.717) is 0 Å². The van der Waals surface area contributed by atoms with Gasteiger partial charge in [-0.1, -0.05) is 39.5 Å². The van der Waals surface area contributed by atoms with Gasteiger partial charge in [-0.15, -0.1) is 0 Å². The van der Waals surface area contributed by atoms with Gasteiger partial charge in [0.2, 0.25) is 0 Å². The molecule has 0 unspecified atom stereocenters. The smallest absolute Gasteiger partial charge is 0.0987 e. The minimum atomic E-state index is 0.867. The Morgan fingerprint density at radius 2 is 1.46 bits per heavy atom. The Hall–Kier alpha value is -2.27. The molecule has 1 aromatic carbocycles. The predicted octanol–water partition coefficient (Wildman–Crippen LogP) is 5.54. The zero-order valence-electron chi connectivity index (χ0n) is 23.4. The van der Waals surface area contributed by atoms with Crippen molar-refractivity contribution in [2.45, 2.75) is 67.3 Å². The van der Waals surface area contributed by atoms with Crippen LogP contribution in [0.3, 0.4) is 0 Å². The van der Waals surface area contributed by atoms with E-state index in [9.17, 15) is 0 Å². The van der Waals surface area contributed by atoms with Crippen molar-refractivity contribution in [1.82, 2.24) is 19.6 Å². The fourth-order valence-corrected chi connectivity index (χ4v) is 5.57. The first kappa shape index (κ1) is 27.3. The van der Waals surface area contributed by atoms with Crippen molar-refractivity contribution in [3.63, 3.8) is 0 Å². The largest absolute Gasteiger partial charge is 0.373 e. The second kappa shape index (κ2) is 13.2. The van der Waals surface area contributed by atoms with Crippen LogP contribution < -0.4 is 0 Å². The van der Waals surface area contributed by atoms with Crippen LogP contribution in [0.25, 0.3) is 5.70 Å². The molecule has 2 heterocycles. The molecule has 194 valence electrons. The number of hydrogen-bond acceptors (Lipinski definition) is 4. The maximum atomic E-state index is 4.70. The number of aliphatic imine (C=N–C) groups is 1. The Morgan fingerprint density at radius 3 is 2.03 bits per heavy atom. The highest BCUT2D eigenvalue weighted by molar-refractivity contribution is 5.82. The van der Waals surface area contributed by atoms with Gasteiger partial charge in [-0.25, -0.2) is 0 Å². The van der Waals surface area contributed by atoms with E-state index in [2.05, 4.69) is 85.9 Å². The highest BCUT2D eigenvalue weighted by Gasteiger charge is 2.23. The van der Waals surface area contributed by atoms with Gasteiger partial charge in [-0.3, -0.25) is 9.89 Å². The monoisotopic (exact) mass is 479 g/mol. The number of hydrogen-bond donors (Lipinski definition) is 0. The molecule has 0 bridgehead atoms. The summed E-state index contributed by atoms with van der Waals surface area (Å²) >= 11 is 0. The molecule has 2 saturated heterocycles. The van der Waals surface area contributed by atoms with Crippen LogP contribution in [0.1, 0.15) is 69.2 Å². The van der Waals surface area contributed by atoms with Crippen molar-refractivity contribution < 1.29 is 0 Å². The minimum Gasteiger partial charge on any atom is -0.373 e. The topological polar surface area (TPSA) is 25.3 Å². The molecule has 2 aliphatic rings. The van der Waals surface area contributed by atoms with Gasteiger partial charge in [0, 0.05) is 88.8 Å². The summed E-state index contributed by atoms with van der Waals surface area (Å²) in [6.07, 6.45) is 5.67. The first-order valence-electron chi connectivity index (χ1n) is 13.9. The Kier molecular flexibility index (Phi) is 10.3. The molecule has 0 amide bonds. The quantitative estimate of drug-likeness (QED) is 0.343. The molecule has 0 atom stereocenters. The molecule has 0 spiro atoms. The van der Waals surface area contributed by atoms with E-state index in [0.717, 1.165) is 84.7 Å². The van der Waals surface area contributed by atoms with Crippen molar-refractivity contribution in [3.05, 3.63) is 52.7 Å². The number of aryl methyl sites for hydroxylation is 2. The second-order valence-corrected chi connectivity index (χ2v) is 9.98. The lowest BCUT2D eigenvalue weighted by Crippen LogP contribution is -2.47. The first-order valence-corrected chi connectivity index (χ1v) is 13.9. The van der Waals surface area contributed by atoms with Gasteiger partial charge in [-0.2, -0.15) is 0 Å². The van der Waals surface area contributed by atoms with Crippen LogP contribution in [0.4, 0.5) is 0 Å². The summed E-state index contributed by atoms with van der Waals surface area (Å²) in [6.45, 7) is 28.4. The zero-order chi connectivity index (χ0) is 25.4. The van der Waals surface area contributed by atoms with Gasteiger partial charge in [0.1, 0.15) is 0 Å². The van der Waals surface area contributed by atoms with Crippen LogP contribution >= 0.6 is 0 Å². The Balaban J connectivity index is 1.64. The summed E-state index contributed by atoms with van der Waals surface area (Å²) in [5.74, 6) is 1.25. The molecule has 2 fully saturated rings. The lowest BCUT2D eigenvalue weighted by atomic mass is 9.97. The highest BCUT2D eigenvalue weighted by Crippen LogP contribution is 2.27. The third-order valence-electron chi connectivity index (χ3n) is 7.65. The van der Waals surface area contributed by atoms with Crippen LogP contribution in [0.15, 0.2) is 35.5 Å². The third kappa shape index (κ3) is 6.91. The van der Waals surface area contributed by atoms with E-state index in [1.807, 2.05) is 0 Å². The standard InChI is InChI=1S/C30H49N5/c1-8-12-28(9-2)34-15-13-32(14-16-34)23-27-22-29(25(6)21-24(27)5)26(7)33-17-19-35(20-18-33)30(10-3)31-11-4/h12,21-22H,7-11,13-20,23H2,1-6H3/b28-12+,31-30+. The second-order valence-electron chi connectivity index (χ2n) is 9.98. The summed E-state index contributed by atoms with van der Waals surface area (Å²) in [5.41, 5.74) is 8.19. The van der Waals surface area contributed by atoms with E-state index < -0.39 is 0 Å². The van der Waals surface area contributed by atoms with Crippen molar-refractivity contribution in [2.75, 3.05) is 58.9 Å². The molecule has 5 heteroatoms. The number of benzene rings is 1. The van der Waals surface area contributed by atoms with Crippen molar-refractivity contribution in [3.8, 4) is 0 Å². The summed E-state index contributed by atoms with van der Waals surface area (Å²) < 4.78 is 0. The van der Waals surface area contributed by atoms with Crippen molar-refractivity contribution >= 4 is 11.5 Å². The molecule has 0 aromatic heterocycles. The molecule has 1 aromatic rings. The average Bonchev–Trinajstić information content (AvgIpc) is 2.87. The molecule has 5 nitrogen and oxygen atoms in total. The van der Waals surface area contributed by atoms with E-state index in [1.165, 1.54) is 39.5 Å². The molecular weight excluding hydrogens is 430 g/mol. The number of allylic oxidation sites excluding steroid dienone is 2. The van der Waals surface area contributed by atoms with Crippen LogP contribution in [0, 0.1) is 13.8 Å². The first-order chi connectivity index (χ1) is 16.9. The molecule has 0 aliphatic carbocycles. The maximum absolute atomic E-state index is 4.70. The molecule has 0 N–H and O–H groups in total. The number of amidine groups is 1. The van der Waals surface area contributed by atoms with E-state index in [4.69, 9.17) is 4.99 Å². The van der Waals surface area contributed by atoms with Crippen LogP contribution in [-0.4, -0.2) is 84.3 Å². The van der Waals surface area contributed by atoms with Gasteiger partial charge in [-0.05, 0) is 56.4 Å². The van der Waals surface area contributed by atoms with Gasteiger partial charge in [0.15, 0.2) is 0 Å². The zero-order valence-corrected chi connectivity index (χ0v) is 23.4. The summed E-state index contributed by atoms with van der Waals surface area (Å²) in [6, 6.07) is 4.79. The number of nitrogens with zero attached hydrogens (tertiary/aromatic N) is 5. The lowest BCUT2D eigenvalue weighted by molar-refractivity contribution is 0.150. The molecule has 35 heavy (non-hydrogen) atoms. The SMILES string of the molecule is C=C(c1cc(CN2CCN(/C(=C/CC)CC)CC2)c(C)cc1C)N1CCN(/C(CC)=N/CC)CC1. The fourth-order valence-electron chi connectivity index (χ4n) is 5.57. The molecular formula is C30H49N5. The van der Waals surface area contributed by atoms with Gasteiger partial charge in [0.05, 0.1) is 5.84 Å². The summed E-state index contributed by atoms with van der Waals surface area (Å²) in [7, 11) is 0. The van der Waals surface area contributed by atoms with E-state index >= 15 is 0 Å². The van der Waals surface area contributed by atoms with E-state index in [1.54, 1.807) is 0 Å². The van der Waals surface area contributed by atoms with Gasteiger partial charge in [0.25, 0.3) is 0 Å². The average molecular weight is 480 g/mol. The predicted molar refractivity (Wildman–Crippen MR) is 152 cm³/mol. The maximum Gasteiger partial charge on any atom is 0.0987 e. The summed E-state index contributed by atoms with van der Waals surface area (Å²) in [4.78, 5) is 14.8. The third-order valence-corrected chi connectivity index (χ3v) is 7.65. The Labute approximate surface area is 215 Å². The number of rotatable bonds is 9. The van der Waals surface area contributed by atoms with Crippen LogP contribution in [0.5, 0.6) is 0 Å². The van der Waals surface area contributed by atoms with Crippen molar-refractivity contribution in [2.24, 2.45) is 4.99 Å². The van der Waals surface area contributed by atoms with Crippen LogP contribution in [0.2, 0.25) is 0 Å². The van der Waals surface area contributed by atoms with Gasteiger partial charge < -0.3 is 14.7 Å². The molecule has 0 radical (unpaired) electrons. The molecule has 3 rings (SSSR count). The molecule has 2 aliphatic heterocycles. The van der Waals surface area contributed by atoms with Gasteiger partial charge >= 0.3 is 0 Å². The van der Waals surface area contributed by atoms with Crippen molar-refractivity contribution in [1.29, 1.82) is 0 Å². The highest BCUT2D eigenvalue weighted by atomic mass is 15.3. The normalized spacial score (nSPS) is 18.4. The van der Waals surface area contributed by atoms with E-state index in [-0.39, 0.29) is 0 Å². The minimum absolute atomic E-state index is 0.867. The Morgan fingerprint density at radius 1 is 0.829 bits per heavy atom. The summed E-state index contributed by atoms with van der Waals surface area (Å²) in [5, 5.41) is 0. The Bertz CT molecular complexity index is 900. The molecule has 0 saturated carbocycles. The number of piperazine rings is 2. The van der Waals surface area contributed by atoms with Crippen LogP contribution in [-0.2, 0) is 6.54 Å².